The van der Waals surface area contributed by atoms with E-state index in [0.29, 0.717) is 13.0 Å². The van der Waals surface area contributed by atoms with E-state index in [4.69, 9.17) is 5.41 Å². The Bertz CT molecular complexity index is 895. The lowest BCUT2D eigenvalue weighted by molar-refractivity contribution is -0.131. The molecular weight excluding hydrogens is 338 g/mol. The van der Waals surface area contributed by atoms with Crippen LogP contribution in [0.1, 0.15) is 23.8 Å². The van der Waals surface area contributed by atoms with E-state index in [9.17, 15) is 4.79 Å². The first kappa shape index (κ1) is 15.4. The Hall–Kier alpha value is -2.18. The fourth-order valence-corrected chi connectivity index (χ4v) is 4.57. The van der Waals surface area contributed by atoms with Gasteiger partial charge in [-0.3, -0.25) is 15.1 Å². The molecule has 1 atom stereocenters. The third kappa shape index (κ3) is 2.61. The van der Waals surface area contributed by atoms with Crippen LogP contribution < -0.4 is 5.32 Å². The van der Waals surface area contributed by atoms with Gasteiger partial charge < -0.3 is 5.32 Å². The van der Waals surface area contributed by atoms with Crippen molar-refractivity contribution >= 4 is 44.6 Å². The van der Waals surface area contributed by atoms with Crippen LogP contribution in [0.3, 0.4) is 0 Å². The number of thiophene rings is 2. The van der Waals surface area contributed by atoms with E-state index in [0.717, 1.165) is 10.4 Å². The highest BCUT2D eigenvalue weighted by atomic mass is 32.1. The molecule has 4 nitrogen and oxygen atoms in total. The van der Waals surface area contributed by atoms with E-state index >= 15 is 0 Å². The summed E-state index contributed by atoms with van der Waals surface area (Å²) < 4.78 is 1.24. The molecular formula is C18H17N3OS2. The van der Waals surface area contributed by atoms with Crippen LogP contribution in [0, 0.1) is 5.41 Å². The highest BCUT2D eigenvalue weighted by molar-refractivity contribution is 7.17. The van der Waals surface area contributed by atoms with Gasteiger partial charge >= 0.3 is 0 Å². The summed E-state index contributed by atoms with van der Waals surface area (Å²) in [5.74, 6) is 0.160. The maximum atomic E-state index is 12.7. The number of benzene rings is 1. The van der Waals surface area contributed by atoms with Gasteiger partial charge in [0, 0.05) is 9.58 Å². The van der Waals surface area contributed by atoms with Gasteiger partial charge in [-0.15, -0.1) is 22.7 Å². The lowest BCUT2D eigenvalue weighted by Gasteiger charge is -2.41. The normalized spacial score (nSPS) is 21.3. The first-order valence-electron chi connectivity index (χ1n) is 7.72. The Labute approximate surface area is 148 Å². The summed E-state index contributed by atoms with van der Waals surface area (Å²) in [5, 5.41) is 16.8. The number of carbonyl (C=O) groups excluding carboxylic acids is 1. The van der Waals surface area contributed by atoms with E-state index in [1.54, 1.807) is 22.7 Å². The summed E-state index contributed by atoms with van der Waals surface area (Å²) in [5.41, 5.74) is 0.498. The van der Waals surface area contributed by atoms with Crippen LogP contribution in [0.2, 0.25) is 0 Å². The molecule has 24 heavy (non-hydrogen) atoms. The maximum absolute atomic E-state index is 12.7. The number of nitrogens with zero attached hydrogens (tertiary/aromatic N) is 1. The molecule has 2 N–H and O–H groups in total. The standard InChI is InChI=1S/C18H17N3OS2/c1-18(13-4-5-15-12(9-13)6-8-24-15)10-16(22)21(17(19)20-18)11-14-3-2-7-23-14/h2-9H,10-11H2,1H3,(H2,19,20)/t18-/m0/s1. The van der Waals surface area contributed by atoms with E-state index in [1.165, 1.54) is 15.0 Å². The molecule has 4 rings (SSSR count). The number of fused-ring (bicyclic) bond motifs is 1. The molecule has 0 aliphatic carbocycles. The average molecular weight is 355 g/mol. The van der Waals surface area contributed by atoms with Gasteiger partial charge in [-0.1, -0.05) is 12.1 Å². The van der Waals surface area contributed by atoms with Crippen molar-refractivity contribution in [3.05, 3.63) is 57.6 Å². The molecule has 2 aromatic heterocycles. The zero-order valence-electron chi connectivity index (χ0n) is 13.2. The highest BCUT2D eigenvalue weighted by Crippen LogP contribution is 2.33. The second kappa shape index (κ2) is 5.72. The predicted octanol–water partition coefficient (Wildman–Crippen LogP) is 4.13. The molecule has 1 aliphatic rings. The molecule has 6 heteroatoms. The summed E-state index contributed by atoms with van der Waals surface area (Å²) >= 11 is 3.31. The Kier molecular flexibility index (Phi) is 3.66. The number of rotatable bonds is 3. The summed E-state index contributed by atoms with van der Waals surface area (Å²) in [7, 11) is 0. The maximum Gasteiger partial charge on any atom is 0.232 e. The minimum absolute atomic E-state index is 0.0138. The number of nitrogens with one attached hydrogen (secondary N) is 2. The minimum atomic E-state index is -0.545. The van der Waals surface area contributed by atoms with E-state index < -0.39 is 5.54 Å². The van der Waals surface area contributed by atoms with Crippen molar-refractivity contribution in [2.75, 3.05) is 0 Å². The quantitative estimate of drug-likeness (QED) is 0.742. The Morgan fingerprint density at radius 2 is 2.12 bits per heavy atom. The van der Waals surface area contributed by atoms with E-state index in [2.05, 4.69) is 35.0 Å². The first-order valence-corrected chi connectivity index (χ1v) is 9.48. The number of carbonyl (C=O) groups is 1. The number of amides is 1. The molecule has 3 heterocycles. The third-order valence-corrected chi connectivity index (χ3v) is 6.21. The number of hydrogen-bond donors (Lipinski definition) is 2. The van der Waals surface area contributed by atoms with Crippen LogP contribution in [0.4, 0.5) is 0 Å². The molecule has 0 saturated carbocycles. The van der Waals surface area contributed by atoms with Crippen LogP contribution >= 0.6 is 22.7 Å². The van der Waals surface area contributed by atoms with Gasteiger partial charge in [-0.2, -0.15) is 0 Å². The van der Waals surface area contributed by atoms with Crippen molar-refractivity contribution in [1.29, 1.82) is 5.41 Å². The third-order valence-electron chi connectivity index (χ3n) is 4.45. The van der Waals surface area contributed by atoms with Crippen molar-refractivity contribution in [1.82, 2.24) is 10.2 Å². The molecule has 0 radical (unpaired) electrons. The lowest BCUT2D eigenvalue weighted by Crippen LogP contribution is -2.59. The molecule has 0 spiro atoms. The van der Waals surface area contributed by atoms with Crippen molar-refractivity contribution in [3.8, 4) is 0 Å². The SMILES string of the molecule is C[C@@]1(c2ccc3sccc3c2)CC(=O)N(Cc2cccs2)C(=N)N1. The van der Waals surface area contributed by atoms with Gasteiger partial charge in [-0.25, -0.2) is 0 Å². The van der Waals surface area contributed by atoms with Crippen LogP contribution in [0.15, 0.2) is 47.2 Å². The number of guanidine groups is 1. The average Bonchev–Trinajstić information content (AvgIpc) is 3.21. The van der Waals surface area contributed by atoms with Crippen molar-refractivity contribution in [2.24, 2.45) is 0 Å². The molecule has 3 aromatic rings. The minimum Gasteiger partial charge on any atom is -0.346 e. The summed E-state index contributed by atoms with van der Waals surface area (Å²) in [6.45, 7) is 2.46. The summed E-state index contributed by atoms with van der Waals surface area (Å²) in [4.78, 5) is 15.3. The predicted molar refractivity (Wildman–Crippen MR) is 99.5 cm³/mol. The van der Waals surface area contributed by atoms with Gasteiger partial charge in [-0.05, 0) is 52.9 Å². The second-order valence-electron chi connectivity index (χ2n) is 6.21. The molecule has 0 unspecified atom stereocenters. The summed E-state index contributed by atoms with van der Waals surface area (Å²) in [6.07, 6.45) is 0.344. The van der Waals surface area contributed by atoms with Crippen molar-refractivity contribution in [2.45, 2.75) is 25.4 Å². The molecule has 122 valence electrons. The van der Waals surface area contributed by atoms with Crippen LogP contribution in [-0.4, -0.2) is 16.8 Å². The van der Waals surface area contributed by atoms with E-state index in [1.807, 2.05) is 24.4 Å². The van der Waals surface area contributed by atoms with Gasteiger partial charge in [0.05, 0.1) is 18.5 Å². The lowest BCUT2D eigenvalue weighted by atomic mass is 9.86. The van der Waals surface area contributed by atoms with Crippen LogP contribution in [0.25, 0.3) is 10.1 Å². The monoisotopic (exact) mass is 355 g/mol. The zero-order valence-corrected chi connectivity index (χ0v) is 14.8. The molecule has 1 aliphatic heterocycles. The summed E-state index contributed by atoms with van der Waals surface area (Å²) in [6, 6.07) is 12.3. The molecule has 1 aromatic carbocycles. The van der Waals surface area contributed by atoms with Gasteiger partial charge in [0.15, 0.2) is 5.96 Å². The van der Waals surface area contributed by atoms with Gasteiger partial charge in [0.25, 0.3) is 0 Å². The first-order chi connectivity index (χ1) is 11.5. The molecule has 1 saturated heterocycles. The fraction of sp³-hybridized carbons (Fsp3) is 0.222. The van der Waals surface area contributed by atoms with Gasteiger partial charge in [0.2, 0.25) is 5.91 Å². The Balaban J connectivity index is 1.61. The fourth-order valence-electron chi connectivity index (χ4n) is 3.11. The second-order valence-corrected chi connectivity index (χ2v) is 8.19. The smallest absolute Gasteiger partial charge is 0.232 e. The topological polar surface area (TPSA) is 56.2 Å². The molecule has 0 bridgehead atoms. The van der Waals surface area contributed by atoms with Crippen LogP contribution in [0.5, 0.6) is 0 Å². The highest BCUT2D eigenvalue weighted by Gasteiger charge is 2.39. The molecule has 1 fully saturated rings. The Morgan fingerprint density at radius 1 is 1.25 bits per heavy atom. The van der Waals surface area contributed by atoms with Gasteiger partial charge in [0.1, 0.15) is 0 Å². The largest absolute Gasteiger partial charge is 0.346 e. The van der Waals surface area contributed by atoms with Crippen molar-refractivity contribution in [3.63, 3.8) is 0 Å². The van der Waals surface area contributed by atoms with E-state index in [-0.39, 0.29) is 11.9 Å². The van der Waals surface area contributed by atoms with Crippen LogP contribution in [-0.2, 0) is 16.9 Å². The van der Waals surface area contributed by atoms with Crippen molar-refractivity contribution < 1.29 is 4.79 Å². The Morgan fingerprint density at radius 3 is 2.88 bits per heavy atom. The zero-order chi connectivity index (χ0) is 16.7. The molecule has 1 amide bonds. The number of hydrogen-bond acceptors (Lipinski definition) is 4.